The van der Waals surface area contributed by atoms with E-state index < -0.39 is 10.0 Å². The summed E-state index contributed by atoms with van der Waals surface area (Å²) in [6.07, 6.45) is 5.41. The molecule has 0 N–H and O–H groups in total. The molecular weight excluding hydrogens is 348 g/mol. The van der Waals surface area contributed by atoms with Gasteiger partial charge >= 0.3 is 0 Å². The Morgan fingerprint density at radius 2 is 1.92 bits per heavy atom. The molecule has 1 saturated heterocycles. The van der Waals surface area contributed by atoms with Crippen molar-refractivity contribution >= 4 is 10.0 Å². The van der Waals surface area contributed by atoms with Gasteiger partial charge in [0, 0.05) is 43.5 Å². The molecule has 0 spiro atoms. The van der Waals surface area contributed by atoms with Crippen molar-refractivity contribution in [3.8, 4) is 0 Å². The van der Waals surface area contributed by atoms with Crippen molar-refractivity contribution in [3.05, 3.63) is 53.6 Å². The van der Waals surface area contributed by atoms with Crippen LogP contribution in [0.2, 0.25) is 0 Å². The van der Waals surface area contributed by atoms with E-state index in [0.717, 1.165) is 50.0 Å². The minimum Gasteiger partial charge on any atom is -0.302 e. The van der Waals surface area contributed by atoms with Gasteiger partial charge in [-0.2, -0.15) is 4.31 Å². The Morgan fingerprint density at radius 3 is 2.73 bits per heavy atom. The molecule has 0 saturated carbocycles. The Kier molecular flexibility index (Phi) is 4.77. The summed E-state index contributed by atoms with van der Waals surface area (Å²) in [5, 5.41) is 0. The largest absolute Gasteiger partial charge is 0.302 e. The summed E-state index contributed by atoms with van der Waals surface area (Å²) in [6, 6.07) is 8.39. The normalized spacial score (nSPS) is 22.1. The molecule has 4 rings (SSSR count). The lowest BCUT2D eigenvalue weighted by atomic mass is 10.0. The van der Waals surface area contributed by atoms with Gasteiger partial charge in [-0.15, -0.1) is 0 Å². The van der Waals surface area contributed by atoms with Gasteiger partial charge in [0.15, 0.2) is 0 Å². The van der Waals surface area contributed by atoms with Crippen molar-refractivity contribution < 1.29 is 8.42 Å². The van der Waals surface area contributed by atoms with E-state index >= 15 is 0 Å². The third-order valence-corrected chi connectivity index (χ3v) is 7.17. The van der Waals surface area contributed by atoms with Crippen LogP contribution in [0.15, 0.2) is 41.4 Å². The van der Waals surface area contributed by atoms with Crippen LogP contribution in [-0.2, 0) is 23.0 Å². The zero-order valence-corrected chi connectivity index (χ0v) is 15.8. The number of nitrogens with zero attached hydrogens (tertiary/aromatic N) is 4. The van der Waals surface area contributed by atoms with Crippen LogP contribution < -0.4 is 0 Å². The van der Waals surface area contributed by atoms with Crippen LogP contribution in [0.3, 0.4) is 0 Å². The summed E-state index contributed by atoms with van der Waals surface area (Å²) < 4.78 is 27.9. The molecule has 0 unspecified atom stereocenters. The van der Waals surface area contributed by atoms with Crippen molar-refractivity contribution in [3.63, 3.8) is 0 Å². The SMILES string of the molecule is CN1CCc2nc([C@H]3CCCCN3S(=O)(=O)c3ccccc3)ncc2C1. The summed E-state index contributed by atoms with van der Waals surface area (Å²) in [6.45, 7) is 2.34. The molecule has 1 aromatic heterocycles. The first-order chi connectivity index (χ1) is 12.6. The van der Waals surface area contributed by atoms with Crippen LogP contribution in [0, 0.1) is 0 Å². The summed E-state index contributed by atoms with van der Waals surface area (Å²) in [4.78, 5) is 11.9. The fourth-order valence-corrected chi connectivity index (χ4v) is 5.49. The minimum atomic E-state index is -3.54. The first-order valence-corrected chi connectivity index (χ1v) is 10.6. The highest BCUT2D eigenvalue weighted by Crippen LogP contribution is 2.34. The Hall–Kier alpha value is -1.83. The number of sulfonamides is 1. The van der Waals surface area contributed by atoms with Gasteiger partial charge in [0.2, 0.25) is 10.0 Å². The van der Waals surface area contributed by atoms with Crippen LogP contribution in [0.5, 0.6) is 0 Å². The second-order valence-electron chi connectivity index (χ2n) is 7.13. The quantitative estimate of drug-likeness (QED) is 0.828. The Balaban J connectivity index is 1.68. The van der Waals surface area contributed by atoms with Crippen molar-refractivity contribution in [2.75, 3.05) is 20.1 Å². The fourth-order valence-electron chi connectivity index (χ4n) is 3.81. The van der Waals surface area contributed by atoms with Crippen molar-refractivity contribution in [2.45, 2.75) is 43.2 Å². The average molecular weight is 372 g/mol. The van der Waals surface area contributed by atoms with Crippen molar-refractivity contribution in [2.24, 2.45) is 0 Å². The van der Waals surface area contributed by atoms with Gasteiger partial charge in [0.1, 0.15) is 5.82 Å². The molecule has 0 amide bonds. The highest BCUT2D eigenvalue weighted by molar-refractivity contribution is 7.89. The summed E-state index contributed by atoms with van der Waals surface area (Å²) in [5.41, 5.74) is 2.21. The molecule has 1 atom stereocenters. The van der Waals surface area contributed by atoms with Crippen LogP contribution in [-0.4, -0.2) is 47.7 Å². The first-order valence-electron chi connectivity index (χ1n) is 9.16. The molecule has 3 heterocycles. The van der Waals surface area contributed by atoms with Crippen molar-refractivity contribution in [1.82, 2.24) is 19.2 Å². The first kappa shape index (κ1) is 17.6. The number of aromatic nitrogens is 2. The van der Waals surface area contributed by atoms with Gasteiger partial charge in [-0.25, -0.2) is 18.4 Å². The number of piperidine rings is 1. The predicted octanol–water partition coefficient (Wildman–Crippen LogP) is 2.38. The molecule has 2 aliphatic rings. The topological polar surface area (TPSA) is 66.4 Å². The molecule has 7 heteroatoms. The van der Waals surface area contributed by atoms with Crippen LogP contribution in [0.25, 0.3) is 0 Å². The Morgan fingerprint density at radius 1 is 1.12 bits per heavy atom. The third kappa shape index (κ3) is 3.26. The number of hydrogen-bond acceptors (Lipinski definition) is 5. The Labute approximate surface area is 154 Å². The van der Waals surface area contributed by atoms with E-state index in [2.05, 4.69) is 16.9 Å². The molecule has 0 bridgehead atoms. The maximum Gasteiger partial charge on any atom is 0.243 e. The van der Waals surface area contributed by atoms with Gasteiger partial charge in [-0.1, -0.05) is 24.6 Å². The van der Waals surface area contributed by atoms with E-state index in [1.165, 1.54) is 0 Å². The number of fused-ring (bicyclic) bond motifs is 1. The standard InChI is InChI=1S/C19H24N4O2S/c1-22-12-10-17-15(14-22)13-20-19(21-17)18-9-5-6-11-23(18)26(24,25)16-7-3-2-4-8-16/h2-4,7-8,13,18H,5-6,9-12,14H2,1H3/t18-/m1/s1. The highest BCUT2D eigenvalue weighted by Gasteiger charge is 2.36. The molecule has 0 radical (unpaired) electrons. The van der Waals surface area contributed by atoms with Gasteiger partial charge in [-0.05, 0) is 32.0 Å². The van der Waals surface area contributed by atoms with E-state index in [-0.39, 0.29) is 6.04 Å². The summed E-state index contributed by atoms with van der Waals surface area (Å²) >= 11 is 0. The van der Waals surface area contributed by atoms with Gasteiger partial charge in [0.25, 0.3) is 0 Å². The van der Waals surface area contributed by atoms with Gasteiger partial charge in [0.05, 0.1) is 10.9 Å². The molecule has 2 aliphatic heterocycles. The molecule has 1 aromatic carbocycles. The van der Waals surface area contributed by atoms with E-state index in [0.29, 0.717) is 17.3 Å². The van der Waals surface area contributed by atoms with E-state index in [9.17, 15) is 8.42 Å². The van der Waals surface area contributed by atoms with Crippen LogP contribution >= 0.6 is 0 Å². The molecule has 138 valence electrons. The molecule has 26 heavy (non-hydrogen) atoms. The molecule has 1 fully saturated rings. The number of benzene rings is 1. The Bertz CT molecular complexity index is 886. The van der Waals surface area contributed by atoms with E-state index in [1.54, 1.807) is 28.6 Å². The maximum atomic E-state index is 13.2. The molecule has 0 aliphatic carbocycles. The minimum absolute atomic E-state index is 0.279. The smallest absolute Gasteiger partial charge is 0.243 e. The third-order valence-electron chi connectivity index (χ3n) is 5.24. The zero-order valence-electron chi connectivity index (χ0n) is 15.0. The lowest BCUT2D eigenvalue weighted by Crippen LogP contribution is -2.39. The second-order valence-corrected chi connectivity index (χ2v) is 9.02. The summed E-state index contributed by atoms with van der Waals surface area (Å²) in [5.74, 6) is 0.646. The van der Waals surface area contributed by atoms with Gasteiger partial charge in [-0.3, -0.25) is 0 Å². The number of likely N-dealkylation sites (N-methyl/N-ethyl adjacent to an activating group) is 1. The molecular formula is C19H24N4O2S. The second kappa shape index (κ2) is 7.06. The maximum absolute atomic E-state index is 13.2. The highest BCUT2D eigenvalue weighted by atomic mass is 32.2. The average Bonchev–Trinajstić information content (AvgIpc) is 2.68. The zero-order chi connectivity index (χ0) is 18.1. The van der Waals surface area contributed by atoms with Crippen molar-refractivity contribution in [1.29, 1.82) is 0 Å². The van der Waals surface area contributed by atoms with Crippen LogP contribution in [0.4, 0.5) is 0 Å². The summed E-state index contributed by atoms with van der Waals surface area (Å²) in [7, 11) is -1.45. The molecule has 6 nitrogen and oxygen atoms in total. The van der Waals surface area contributed by atoms with E-state index in [1.807, 2.05) is 12.3 Å². The molecule has 2 aromatic rings. The van der Waals surface area contributed by atoms with E-state index in [4.69, 9.17) is 4.98 Å². The fraction of sp³-hybridized carbons (Fsp3) is 0.474. The number of rotatable bonds is 3. The lowest BCUT2D eigenvalue weighted by Gasteiger charge is -2.34. The number of hydrogen-bond donors (Lipinski definition) is 0. The monoisotopic (exact) mass is 372 g/mol. The van der Waals surface area contributed by atoms with Crippen LogP contribution in [0.1, 0.15) is 42.4 Å². The van der Waals surface area contributed by atoms with Gasteiger partial charge < -0.3 is 4.90 Å². The lowest BCUT2D eigenvalue weighted by molar-refractivity contribution is 0.244. The predicted molar refractivity (Wildman–Crippen MR) is 99.0 cm³/mol.